The molecule has 1 aromatic heterocycles. The Labute approximate surface area is 179 Å². The van der Waals surface area contributed by atoms with Crippen LogP contribution in [0.3, 0.4) is 0 Å². The molecule has 1 heterocycles. The SMILES string of the molecule is COc1c(CCCc2ccccc2)[c]c(CC(C)c2cccnc2)c(OC)c1OC. The van der Waals surface area contributed by atoms with E-state index >= 15 is 0 Å². The average Bonchev–Trinajstić information content (AvgIpc) is 2.79. The van der Waals surface area contributed by atoms with E-state index in [0.29, 0.717) is 17.2 Å². The van der Waals surface area contributed by atoms with Crippen molar-refractivity contribution < 1.29 is 14.2 Å². The standard InChI is InChI=1S/C26H30NO3/c1-19(22-14-9-15-27-18-22)16-23-17-21(13-8-12-20-10-6-5-7-11-20)24(28-2)26(30-4)25(23)29-3/h5-7,9-11,14-15,18-19H,8,12-13,16H2,1-4H3. The van der Waals surface area contributed by atoms with Crippen molar-refractivity contribution in [2.75, 3.05) is 21.3 Å². The minimum absolute atomic E-state index is 0.277. The molecule has 0 fully saturated rings. The molecule has 4 heteroatoms. The molecule has 1 unspecified atom stereocenters. The van der Waals surface area contributed by atoms with Crippen LogP contribution in [0.4, 0.5) is 0 Å². The summed E-state index contributed by atoms with van der Waals surface area (Å²) >= 11 is 0. The zero-order valence-electron chi connectivity index (χ0n) is 18.3. The van der Waals surface area contributed by atoms with E-state index in [2.05, 4.69) is 48.3 Å². The van der Waals surface area contributed by atoms with E-state index < -0.39 is 0 Å². The van der Waals surface area contributed by atoms with E-state index in [0.717, 1.165) is 36.8 Å². The monoisotopic (exact) mass is 404 g/mol. The Morgan fingerprint density at radius 2 is 1.53 bits per heavy atom. The molecule has 1 atom stereocenters. The lowest BCUT2D eigenvalue weighted by Gasteiger charge is -2.21. The number of nitrogens with zero attached hydrogens (tertiary/aromatic N) is 1. The van der Waals surface area contributed by atoms with Crippen LogP contribution >= 0.6 is 0 Å². The molecule has 0 bridgehead atoms. The number of benzene rings is 2. The normalized spacial score (nSPS) is 11.7. The second kappa shape index (κ2) is 10.7. The third-order valence-corrected chi connectivity index (χ3v) is 5.37. The molecule has 0 saturated carbocycles. The maximum absolute atomic E-state index is 5.72. The lowest BCUT2D eigenvalue weighted by molar-refractivity contribution is 0.319. The van der Waals surface area contributed by atoms with Crippen molar-refractivity contribution in [3.8, 4) is 17.2 Å². The van der Waals surface area contributed by atoms with Crippen LogP contribution < -0.4 is 14.2 Å². The van der Waals surface area contributed by atoms with Crippen LogP contribution in [0.2, 0.25) is 0 Å². The zero-order valence-corrected chi connectivity index (χ0v) is 18.3. The van der Waals surface area contributed by atoms with Gasteiger partial charge >= 0.3 is 0 Å². The van der Waals surface area contributed by atoms with Gasteiger partial charge in [0.15, 0.2) is 11.5 Å². The maximum atomic E-state index is 5.72. The second-order valence-corrected chi connectivity index (χ2v) is 7.41. The quantitative estimate of drug-likeness (QED) is 0.452. The molecule has 4 nitrogen and oxygen atoms in total. The first kappa shape index (κ1) is 21.7. The number of pyridine rings is 1. The predicted molar refractivity (Wildman–Crippen MR) is 120 cm³/mol. The van der Waals surface area contributed by atoms with Crippen LogP contribution in [-0.2, 0) is 19.3 Å². The van der Waals surface area contributed by atoms with Crippen molar-refractivity contribution in [2.24, 2.45) is 0 Å². The summed E-state index contributed by atoms with van der Waals surface area (Å²) in [6, 6.07) is 18.2. The summed E-state index contributed by atoms with van der Waals surface area (Å²) in [6.07, 6.45) is 7.36. The zero-order chi connectivity index (χ0) is 21.3. The second-order valence-electron chi connectivity index (χ2n) is 7.41. The van der Waals surface area contributed by atoms with Gasteiger partial charge in [-0.15, -0.1) is 0 Å². The predicted octanol–water partition coefficient (Wildman–Crippen LogP) is 5.43. The summed E-state index contributed by atoms with van der Waals surface area (Å²) in [4.78, 5) is 4.25. The van der Waals surface area contributed by atoms with Crippen molar-refractivity contribution >= 4 is 0 Å². The van der Waals surface area contributed by atoms with Gasteiger partial charge in [0.1, 0.15) is 0 Å². The Balaban J connectivity index is 1.88. The largest absolute Gasteiger partial charge is 0.492 e. The van der Waals surface area contributed by atoms with E-state index in [1.807, 2.05) is 18.3 Å². The molecule has 0 saturated heterocycles. The average molecular weight is 405 g/mol. The fourth-order valence-electron chi connectivity index (χ4n) is 3.82. The maximum Gasteiger partial charge on any atom is 0.203 e. The lowest BCUT2D eigenvalue weighted by Crippen LogP contribution is -2.06. The van der Waals surface area contributed by atoms with Crippen molar-refractivity contribution in [3.63, 3.8) is 0 Å². The fraction of sp³-hybridized carbons (Fsp3) is 0.346. The van der Waals surface area contributed by atoms with Gasteiger partial charge in [-0.2, -0.15) is 0 Å². The summed E-state index contributed by atoms with van der Waals surface area (Å²) < 4.78 is 17.1. The molecule has 30 heavy (non-hydrogen) atoms. The molecule has 0 aliphatic heterocycles. The molecule has 0 spiro atoms. The Kier molecular flexibility index (Phi) is 7.72. The van der Waals surface area contributed by atoms with Gasteiger partial charge in [0.25, 0.3) is 0 Å². The summed E-state index contributed by atoms with van der Waals surface area (Å²) in [5, 5.41) is 0. The molecule has 157 valence electrons. The van der Waals surface area contributed by atoms with Crippen molar-refractivity contribution in [3.05, 3.63) is 83.2 Å². The number of ether oxygens (including phenoxy) is 3. The number of methoxy groups -OCH3 is 3. The van der Waals surface area contributed by atoms with Crippen molar-refractivity contribution in [2.45, 2.75) is 38.5 Å². The highest BCUT2D eigenvalue weighted by atomic mass is 16.5. The summed E-state index contributed by atoms with van der Waals surface area (Å²) in [7, 11) is 4.99. The van der Waals surface area contributed by atoms with E-state index in [1.165, 1.54) is 11.1 Å². The third-order valence-electron chi connectivity index (χ3n) is 5.37. The number of hydrogen-bond donors (Lipinski definition) is 0. The van der Waals surface area contributed by atoms with Gasteiger partial charge in [0, 0.05) is 23.5 Å². The van der Waals surface area contributed by atoms with Gasteiger partial charge in [0.2, 0.25) is 5.75 Å². The van der Waals surface area contributed by atoms with Crippen LogP contribution in [-0.4, -0.2) is 26.3 Å². The fourth-order valence-corrected chi connectivity index (χ4v) is 3.82. The van der Waals surface area contributed by atoms with Gasteiger partial charge in [-0.1, -0.05) is 43.3 Å². The minimum atomic E-state index is 0.277. The molecular formula is C26H30NO3. The van der Waals surface area contributed by atoms with Crippen molar-refractivity contribution in [1.82, 2.24) is 4.98 Å². The molecule has 3 aromatic rings. The number of aryl methyl sites for hydroxylation is 2. The summed E-state index contributed by atoms with van der Waals surface area (Å²) in [6.45, 7) is 2.19. The summed E-state index contributed by atoms with van der Waals surface area (Å²) in [5.41, 5.74) is 4.55. The topological polar surface area (TPSA) is 40.6 Å². The highest BCUT2D eigenvalue weighted by molar-refractivity contribution is 5.59. The van der Waals surface area contributed by atoms with Crippen LogP contribution in [0.5, 0.6) is 17.2 Å². The highest BCUT2D eigenvalue weighted by Gasteiger charge is 2.22. The lowest BCUT2D eigenvalue weighted by atomic mass is 9.91. The first-order valence-electron chi connectivity index (χ1n) is 10.3. The molecule has 1 radical (unpaired) electrons. The Morgan fingerprint density at radius 3 is 2.17 bits per heavy atom. The van der Waals surface area contributed by atoms with E-state index in [4.69, 9.17) is 14.2 Å². The van der Waals surface area contributed by atoms with Gasteiger partial charge in [-0.05, 0) is 54.9 Å². The summed E-state index contributed by atoms with van der Waals surface area (Å²) in [5.74, 6) is 2.32. The van der Waals surface area contributed by atoms with Gasteiger partial charge < -0.3 is 14.2 Å². The van der Waals surface area contributed by atoms with Crippen LogP contribution in [0.15, 0.2) is 54.9 Å². The number of hydrogen-bond acceptors (Lipinski definition) is 4. The van der Waals surface area contributed by atoms with Crippen LogP contribution in [0.25, 0.3) is 0 Å². The van der Waals surface area contributed by atoms with Crippen molar-refractivity contribution in [1.29, 1.82) is 0 Å². The van der Waals surface area contributed by atoms with Crippen LogP contribution in [0.1, 0.15) is 41.5 Å². The van der Waals surface area contributed by atoms with E-state index in [-0.39, 0.29) is 5.92 Å². The third kappa shape index (κ3) is 5.12. The van der Waals surface area contributed by atoms with Gasteiger partial charge in [-0.25, -0.2) is 0 Å². The number of rotatable bonds is 10. The Hall–Kier alpha value is -3.01. The van der Waals surface area contributed by atoms with Gasteiger partial charge in [-0.3, -0.25) is 4.98 Å². The molecule has 0 aliphatic carbocycles. The molecule has 2 aromatic carbocycles. The molecule has 0 aliphatic rings. The molecular weight excluding hydrogens is 374 g/mol. The highest BCUT2D eigenvalue weighted by Crippen LogP contribution is 2.44. The molecule has 0 amide bonds. The molecule has 3 rings (SSSR count). The van der Waals surface area contributed by atoms with Gasteiger partial charge in [0.05, 0.1) is 21.3 Å². The van der Waals surface area contributed by atoms with Crippen LogP contribution in [0, 0.1) is 6.07 Å². The number of aromatic nitrogens is 1. The molecule has 0 N–H and O–H groups in total. The smallest absolute Gasteiger partial charge is 0.203 e. The first-order valence-corrected chi connectivity index (χ1v) is 10.3. The van der Waals surface area contributed by atoms with E-state index in [1.54, 1.807) is 27.5 Å². The Morgan fingerprint density at radius 1 is 0.833 bits per heavy atom. The van der Waals surface area contributed by atoms with E-state index in [9.17, 15) is 0 Å². The first-order chi connectivity index (χ1) is 14.7. The minimum Gasteiger partial charge on any atom is -0.492 e. The Bertz CT molecular complexity index is 926.